The molecule has 4 aromatic rings. The van der Waals surface area contributed by atoms with E-state index >= 15 is 0 Å². The second-order valence-electron chi connectivity index (χ2n) is 7.45. The summed E-state index contributed by atoms with van der Waals surface area (Å²) in [6, 6.07) is 11.4. The first kappa shape index (κ1) is 24.3. The van der Waals surface area contributed by atoms with Gasteiger partial charge in [-0.1, -0.05) is 45.2 Å². The van der Waals surface area contributed by atoms with Crippen LogP contribution in [0.15, 0.2) is 53.1 Å². The second kappa shape index (κ2) is 10.2. The van der Waals surface area contributed by atoms with Crippen LogP contribution in [0.25, 0.3) is 0 Å². The van der Waals surface area contributed by atoms with E-state index in [9.17, 15) is 9.18 Å². The Kier molecular flexibility index (Phi) is 7.25. The Morgan fingerprint density at radius 1 is 1.15 bits per heavy atom. The number of nitrogens with zero attached hydrogens (tertiary/aromatic N) is 4. The zero-order valence-electron chi connectivity index (χ0n) is 18.2. The molecule has 34 heavy (non-hydrogen) atoms. The lowest BCUT2D eigenvalue weighted by molar-refractivity contribution is 0.102. The minimum atomic E-state index is -0.414. The van der Waals surface area contributed by atoms with Gasteiger partial charge in [0.1, 0.15) is 11.6 Å². The highest BCUT2D eigenvalue weighted by atomic mass is 79.9. The van der Waals surface area contributed by atoms with E-state index in [1.807, 2.05) is 6.07 Å². The van der Waals surface area contributed by atoms with Crippen molar-refractivity contribution in [1.82, 2.24) is 19.6 Å². The van der Waals surface area contributed by atoms with Crippen LogP contribution in [0.3, 0.4) is 0 Å². The Hall–Kier alpha value is -2.88. The standard InChI is InChI=1S/C23H19BrCl2FN5O2/c1-13-22(14(2)32(29-13)11-16-17(25)4-3-5-19(16)27)28-23(33)20-8-9-31(30-20)12-34-21-7-6-15(24)10-18(21)26/h3-10H,11-12H2,1-2H3,(H,28,33). The Labute approximate surface area is 213 Å². The third-order valence-corrected chi connectivity index (χ3v) is 6.25. The molecule has 0 unspecified atom stereocenters. The van der Waals surface area contributed by atoms with E-state index in [1.54, 1.807) is 55.1 Å². The zero-order valence-corrected chi connectivity index (χ0v) is 21.2. The predicted molar refractivity (Wildman–Crippen MR) is 132 cm³/mol. The molecule has 2 aromatic heterocycles. The highest BCUT2D eigenvalue weighted by molar-refractivity contribution is 9.10. The maximum Gasteiger partial charge on any atom is 0.276 e. The number of anilines is 1. The van der Waals surface area contributed by atoms with E-state index in [1.165, 1.54) is 10.7 Å². The molecule has 1 amide bonds. The van der Waals surface area contributed by atoms with Gasteiger partial charge in [0.05, 0.1) is 28.6 Å². The number of aryl methyl sites for hydroxylation is 1. The summed E-state index contributed by atoms with van der Waals surface area (Å²) in [5.41, 5.74) is 2.32. The molecule has 0 saturated carbocycles. The van der Waals surface area contributed by atoms with Gasteiger partial charge in [-0.25, -0.2) is 9.07 Å². The van der Waals surface area contributed by atoms with E-state index in [-0.39, 0.29) is 19.0 Å². The van der Waals surface area contributed by atoms with Gasteiger partial charge in [-0.2, -0.15) is 10.2 Å². The minimum Gasteiger partial charge on any atom is -0.470 e. The number of rotatable bonds is 7. The molecular formula is C23H19BrCl2FN5O2. The molecule has 0 bridgehead atoms. The van der Waals surface area contributed by atoms with Gasteiger partial charge in [0.15, 0.2) is 12.4 Å². The largest absolute Gasteiger partial charge is 0.470 e. The molecule has 0 aliphatic rings. The van der Waals surface area contributed by atoms with Gasteiger partial charge in [0, 0.05) is 21.3 Å². The Morgan fingerprint density at radius 3 is 2.68 bits per heavy atom. The van der Waals surface area contributed by atoms with Gasteiger partial charge < -0.3 is 10.1 Å². The van der Waals surface area contributed by atoms with Crippen molar-refractivity contribution in [1.29, 1.82) is 0 Å². The number of halogens is 4. The van der Waals surface area contributed by atoms with Gasteiger partial charge in [-0.05, 0) is 50.2 Å². The number of nitrogens with one attached hydrogen (secondary N) is 1. The molecule has 4 rings (SSSR count). The van der Waals surface area contributed by atoms with Crippen LogP contribution in [0.1, 0.15) is 27.4 Å². The average molecular weight is 567 g/mol. The van der Waals surface area contributed by atoms with Crippen molar-refractivity contribution in [3.05, 3.63) is 91.6 Å². The molecule has 2 aromatic carbocycles. The number of aromatic nitrogens is 4. The van der Waals surface area contributed by atoms with Crippen LogP contribution >= 0.6 is 39.1 Å². The molecule has 0 aliphatic carbocycles. The summed E-state index contributed by atoms with van der Waals surface area (Å²) in [7, 11) is 0. The number of ether oxygens (including phenoxy) is 1. The summed E-state index contributed by atoms with van der Waals surface area (Å²) in [6.45, 7) is 3.77. The van der Waals surface area contributed by atoms with Crippen molar-refractivity contribution in [3.8, 4) is 5.75 Å². The molecular weight excluding hydrogens is 548 g/mol. The summed E-state index contributed by atoms with van der Waals surface area (Å²) < 4.78 is 23.8. The lowest BCUT2D eigenvalue weighted by atomic mass is 10.2. The van der Waals surface area contributed by atoms with Crippen molar-refractivity contribution in [2.24, 2.45) is 0 Å². The summed E-state index contributed by atoms with van der Waals surface area (Å²) in [6.07, 6.45) is 1.63. The van der Waals surface area contributed by atoms with Gasteiger partial charge in [-0.3, -0.25) is 9.48 Å². The lowest BCUT2D eigenvalue weighted by Gasteiger charge is -2.09. The van der Waals surface area contributed by atoms with Crippen molar-refractivity contribution in [3.63, 3.8) is 0 Å². The van der Waals surface area contributed by atoms with E-state index < -0.39 is 11.7 Å². The van der Waals surface area contributed by atoms with Crippen LogP contribution in [0.2, 0.25) is 10.0 Å². The SMILES string of the molecule is Cc1nn(Cc2c(F)cccc2Cl)c(C)c1NC(=O)c1ccn(COc2ccc(Br)cc2Cl)n1. The first-order chi connectivity index (χ1) is 16.2. The van der Waals surface area contributed by atoms with E-state index in [0.29, 0.717) is 38.4 Å². The Bertz CT molecular complexity index is 1350. The molecule has 176 valence electrons. The summed E-state index contributed by atoms with van der Waals surface area (Å²) in [5, 5.41) is 12.3. The highest BCUT2D eigenvalue weighted by Gasteiger charge is 2.18. The monoisotopic (exact) mass is 565 g/mol. The molecule has 0 radical (unpaired) electrons. The average Bonchev–Trinajstić information content (AvgIpc) is 3.36. The molecule has 0 aliphatic heterocycles. The first-order valence-electron chi connectivity index (χ1n) is 10.1. The maximum absolute atomic E-state index is 14.2. The number of hydrogen-bond acceptors (Lipinski definition) is 4. The lowest BCUT2D eigenvalue weighted by Crippen LogP contribution is -2.15. The topological polar surface area (TPSA) is 74.0 Å². The van der Waals surface area contributed by atoms with Crippen molar-refractivity contribution >= 4 is 50.7 Å². The quantitative estimate of drug-likeness (QED) is 0.287. The molecule has 1 N–H and O–H groups in total. The van der Waals surface area contributed by atoms with Gasteiger partial charge in [0.25, 0.3) is 5.91 Å². The van der Waals surface area contributed by atoms with Crippen LogP contribution in [-0.4, -0.2) is 25.5 Å². The van der Waals surface area contributed by atoms with Crippen LogP contribution in [0.4, 0.5) is 10.1 Å². The van der Waals surface area contributed by atoms with Gasteiger partial charge in [0.2, 0.25) is 0 Å². The van der Waals surface area contributed by atoms with Crippen LogP contribution in [0, 0.1) is 19.7 Å². The second-order valence-corrected chi connectivity index (χ2v) is 9.18. The van der Waals surface area contributed by atoms with Crippen molar-refractivity contribution < 1.29 is 13.9 Å². The fourth-order valence-electron chi connectivity index (χ4n) is 3.33. The fourth-order valence-corrected chi connectivity index (χ4v) is 4.28. The Morgan fingerprint density at radius 2 is 1.94 bits per heavy atom. The van der Waals surface area contributed by atoms with E-state index in [0.717, 1.165) is 4.47 Å². The zero-order chi connectivity index (χ0) is 24.4. The number of carbonyl (C=O) groups is 1. The highest BCUT2D eigenvalue weighted by Crippen LogP contribution is 2.28. The minimum absolute atomic E-state index is 0.0774. The van der Waals surface area contributed by atoms with Crippen molar-refractivity contribution in [2.75, 3.05) is 5.32 Å². The Balaban J connectivity index is 1.44. The number of carbonyl (C=O) groups excluding carboxylic acids is 1. The molecule has 0 fully saturated rings. The summed E-state index contributed by atoms with van der Waals surface area (Å²) in [4.78, 5) is 12.8. The first-order valence-corrected chi connectivity index (χ1v) is 11.7. The number of hydrogen-bond donors (Lipinski definition) is 1. The fraction of sp³-hybridized carbons (Fsp3) is 0.174. The third-order valence-electron chi connectivity index (χ3n) is 5.11. The molecule has 2 heterocycles. The smallest absolute Gasteiger partial charge is 0.276 e. The molecule has 0 saturated heterocycles. The van der Waals surface area contributed by atoms with Crippen LogP contribution < -0.4 is 10.1 Å². The predicted octanol–water partition coefficient (Wildman–Crippen LogP) is 6.24. The van der Waals surface area contributed by atoms with Crippen LogP contribution in [-0.2, 0) is 13.3 Å². The molecule has 0 atom stereocenters. The van der Waals surface area contributed by atoms with Crippen LogP contribution in [0.5, 0.6) is 5.75 Å². The summed E-state index contributed by atoms with van der Waals surface area (Å²) in [5.74, 6) is -0.321. The summed E-state index contributed by atoms with van der Waals surface area (Å²) >= 11 is 15.6. The molecule has 11 heteroatoms. The van der Waals surface area contributed by atoms with E-state index in [4.69, 9.17) is 27.9 Å². The maximum atomic E-state index is 14.2. The van der Waals surface area contributed by atoms with E-state index in [2.05, 4.69) is 31.4 Å². The number of benzene rings is 2. The molecule has 0 spiro atoms. The van der Waals surface area contributed by atoms with Crippen molar-refractivity contribution in [2.45, 2.75) is 27.1 Å². The van der Waals surface area contributed by atoms with Gasteiger partial charge in [-0.15, -0.1) is 0 Å². The normalized spacial score (nSPS) is 11.0. The van der Waals surface area contributed by atoms with Gasteiger partial charge >= 0.3 is 0 Å². The number of amides is 1. The molecule has 7 nitrogen and oxygen atoms in total. The third kappa shape index (κ3) is 5.27.